The molecule has 130 valence electrons. The van der Waals surface area contributed by atoms with Crippen LogP contribution in [0.3, 0.4) is 0 Å². The molecule has 0 unspecified atom stereocenters. The van der Waals surface area contributed by atoms with Gasteiger partial charge in [0.2, 0.25) is 0 Å². The first-order chi connectivity index (χ1) is 12.6. The van der Waals surface area contributed by atoms with Crippen LogP contribution in [0.25, 0.3) is 22.2 Å². The van der Waals surface area contributed by atoms with Crippen molar-refractivity contribution in [2.24, 2.45) is 0 Å². The van der Waals surface area contributed by atoms with Gasteiger partial charge in [0.1, 0.15) is 5.75 Å². The Balaban J connectivity index is 1.71. The van der Waals surface area contributed by atoms with Crippen LogP contribution in [0.5, 0.6) is 5.75 Å². The number of nitrogens with zero attached hydrogens (tertiary/aromatic N) is 3. The molecule has 4 nitrogen and oxygen atoms in total. The summed E-state index contributed by atoms with van der Waals surface area (Å²) in [4.78, 5) is 4.67. The highest BCUT2D eigenvalue weighted by Gasteiger charge is 2.11. The molecule has 0 saturated heterocycles. The van der Waals surface area contributed by atoms with E-state index in [0.717, 1.165) is 44.2 Å². The summed E-state index contributed by atoms with van der Waals surface area (Å²) in [5.74, 6) is 0.847. The Bertz CT molecular complexity index is 1070. The van der Waals surface area contributed by atoms with E-state index in [1.165, 1.54) is 0 Å². The molecule has 5 heteroatoms. The minimum Gasteiger partial charge on any atom is -0.497 e. The number of aromatic nitrogens is 3. The number of hydrogen-bond acceptors (Lipinski definition) is 3. The van der Waals surface area contributed by atoms with Gasteiger partial charge >= 0.3 is 0 Å². The first-order valence-electron chi connectivity index (χ1n) is 8.36. The number of halogens is 1. The fourth-order valence-electron chi connectivity index (χ4n) is 3.05. The van der Waals surface area contributed by atoms with Gasteiger partial charge in [0.15, 0.2) is 5.65 Å². The molecule has 2 heterocycles. The fourth-order valence-corrected chi connectivity index (χ4v) is 3.24. The van der Waals surface area contributed by atoms with E-state index >= 15 is 0 Å². The maximum absolute atomic E-state index is 6.11. The van der Waals surface area contributed by atoms with E-state index < -0.39 is 0 Å². The maximum atomic E-state index is 6.11. The average Bonchev–Trinajstić information content (AvgIpc) is 2.97. The first-order valence-corrected chi connectivity index (χ1v) is 8.74. The summed E-state index contributed by atoms with van der Waals surface area (Å²) in [6, 6.07) is 17.9. The topological polar surface area (TPSA) is 39.9 Å². The number of fused-ring (bicyclic) bond motifs is 1. The Morgan fingerprint density at radius 2 is 1.85 bits per heavy atom. The molecule has 0 aliphatic heterocycles. The number of ether oxygens (including phenoxy) is 1. The molecule has 0 atom stereocenters. The summed E-state index contributed by atoms with van der Waals surface area (Å²) in [5.41, 5.74) is 5.08. The van der Waals surface area contributed by atoms with Gasteiger partial charge in [-0.05, 0) is 48.4 Å². The largest absolute Gasteiger partial charge is 0.497 e. The molecular formula is C21H18ClN3O. The van der Waals surface area contributed by atoms with Crippen LogP contribution < -0.4 is 4.74 Å². The van der Waals surface area contributed by atoms with Crippen molar-refractivity contribution < 1.29 is 4.74 Å². The van der Waals surface area contributed by atoms with Crippen LogP contribution in [0.1, 0.15) is 11.3 Å². The molecule has 4 rings (SSSR count). The summed E-state index contributed by atoms with van der Waals surface area (Å²) >= 11 is 6.11. The van der Waals surface area contributed by atoms with E-state index in [2.05, 4.69) is 16.1 Å². The van der Waals surface area contributed by atoms with Gasteiger partial charge in [-0.3, -0.25) is 0 Å². The maximum Gasteiger partial charge on any atom is 0.158 e. The number of rotatable bonds is 4. The number of hydrogen-bond donors (Lipinski definition) is 0. The summed E-state index contributed by atoms with van der Waals surface area (Å²) < 4.78 is 7.15. The number of methoxy groups -OCH3 is 1. The highest BCUT2D eigenvalue weighted by molar-refractivity contribution is 6.30. The van der Waals surface area contributed by atoms with Gasteiger partial charge in [0.25, 0.3) is 0 Å². The zero-order valence-corrected chi connectivity index (χ0v) is 15.4. The fraction of sp³-hybridized carbons (Fsp3) is 0.143. The molecule has 4 aromatic rings. The van der Waals surface area contributed by atoms with E-state index in [-0.39, 0.29) is 0 Å². The second kappa shape index (κ2) is 6.81. The van der Waals surface area contributed by atoms with Gasteiger partial charge in [-0.2, -0.15) is 5.10 Å². The molecule has 0 saturated carbocycles. The van der Waals surface area contributed by atoms with Crippen molar-refractivity contribution in [3.63, 3.8) is 0 Å². The van der Waals surface area contributed by atoms with Crippen molar-refractivity contribution in [1.82, 2.24) is 14.8 Å². The van der Waals surface area contributed by atoms with Gasteiger partial charge in [0.05, 0.1) is 19.3 Å². The molecular weight excluding hydrogens is 346 g/mol. The Hall–Kier alpha value is -2.85. The van der Waals surface area contributed by atoms with Crippen LogP contribution in [0.2, 0.25) is 5.02 Å². The van der Waals surface area contributed by atoms with Crippen LogP contribution in [-0.4, -0.2) is 21.9 Å². The predicted molar refractivity (Wildman–Crippen MR) is 105 cm³/mol. The molecule has 2 aromatic heterocycles. The van der Waals surface area contributed by atoms with Crippen LogP contribution >= 0.6 is 11.6 Å². The lowest BCUT2D eigenvalue weighted by Crippen LogP contribution is -2.02. The van der Waals surface area contributed by atoms with Crippen LogP contribution in [-0.2, 0) is 6.54 Å². The average molecular weight is 364 g/mol. The predicted octanol–water partition coefficient (Wildman–Crippen LogP) is 5.12. The Kier molecular flexibility index (Phi) is 4.35. The van der Waals surface area contributed by atoms with Gasteiger partial charge < -0.3 is 4.74 Å². The standard InChI is InChI=1S/C21H18ClN3O/c1-14-20-11-17(16-4-3-5-18(22)10-16)12-23-21(20)25(24-14)13-15-6-8-19(26-2)9-7-15/h3-12H,13H2,1-2H3. The lowest BCUT2D eigenvalue weighted by molar-refractivity contribution is 0.414. The molecule has 0 N–H and O–H groups in total. The minimum absolute atomic E-state index is 0.665. The molecule has 0 fully saturated rings. The Morgan fingerprint density at radius 1 is 1.04 bits per heavy atom. The molecule has 0 aliphatic rings. The van der Waals surface area contributed by atoms with Gasteiger partial charge in [0, 0.05) is 22.2 Å². The van der Waals surface area contributed by atoms with Crippen LogP contribution in [0, 0.1) is 6.92 Å². The van der Waals surface area contributed by atoms with E-state index in [9.17, 15) is 0 Å². The van der Waals surface area contributed by atoms with Crippen molar-refractivity contribution in [3.05, 3.63) is 77.1 Å². The molecule has 0 amide bonds. The zero-order valence-electron chi connectivity index (χ0n) is 14.6. The number of aryl methyl sites for hydroxylation is 1. The summed E-state index contributed by atoms with van der Waals surface area (Å²) in [5, 5.41) is 6.45. The van der Waals surface area contributed by atoms with Crippen molar-refractivity contribution in [2.75, 3.05) is 7.11 Å². The molecule has 0 aliphatic carbocycles. The third-order valence-electron chi connectivity index (χ3n) is 4.42. The number of benzene rings is 2. The van der Waals surface area contributed by atoms with Crippen molar-refractivity contribution >= 4 is 22.6 Å². The Labute approximate surface area is 157 Å². The summed E-state index contributed by atoms with van der Waals surface area (Å²) in [6.45, 7) is 2.67. The highest BCUT2D eigenvalue weighted by Crippen LogP contribution is 2.27. The molecule has 0 spiro atoms. The SMILES string of the molecule is COc1ccc(Cn2nc(C)c3cc(-c4cccc(Cl)c4)cnc32)cc1. The summed E-state index contributed by atoms with van der Waals surface area (Å²) in [6.07, 6.45) is 1.87. The van der Waals surface area contributed by atoms with Crippen molar-refractivity contribution in [3.8, 4) is 16.9 Å². The van der Waals surface area contributed by atoms with E-state index in [4.69, 9.17) is 16.3 Å². The minimum atomic E-state index is 0.665. The monoisotopic (exact) mass is 363 g/mol. The van der Waals surface area contributed by atoms with E-state index in [1.807, 2.05) is 66.3 Å². The van der Waals surface area contributed by atoms with Gasteiger partial charge in [-0.1, -0.05) is 35.9 Å². The molecule has 2 aromatic carbocycles. The van der Waals surface area contributed by atoms with Crippen LogP contribution in [0.15, 0.2) is 60.8 Å². The van der Waals surface area contributed by atoms with Gasteiger partial charge in [-0.25, -0.2) is 9.67 Å². The normalized spacial score (nSPS) is 11.0. The summed E-state index contributed by atoms with van der Waals surface area (Å²) in [7, 11) is 1.67. The Morgan fingerprint density at radius 3 is 2.58 bits per heavy atom. The molecule has 0 bridgehead atoms. The molecule has 26 heavy (non-hydrogen) atoms. The second-order valence-electron chi connectivity index (χ2n) is 6.20. The van der Waals surface area contributed by atoms with Gasteiger partial charge in [-0.15, -0.1) is 0 Å². The lowest BCUT2D eigenvalue weighted by Gasteiger charge is -2.06. The quantitative estimate of drug-likeness (QED) is 0.505. The second-order valence-corrected chi connectivity index (χ2v) is 6.63. The van der Waals surface area contributed by atoms with Crippen LogP contribution in [0.4, 0.5) is 0 Å². The van der Waals surface area contributed by atoms with Crippen molar-refractivity contribution in [2.45, 2.75) is 13.5 Å². The third kappa shape index (κ3) is 3.16. The lowest BCUT2D eigenvalue weighted by atomic mass is 10.1. The number of pyridine rings is 1. The molecule has 0 radical (unpaired) electrons. The highest BCUT2D eigenvalue weighted by atomic mass is 35.5. The third-order valence-corrected chi connectivity index (χ3v) is 4.66. The van der Waals surface area contributed by atoms with E-state index in [0.29, 0.717) is 6.54 Å². The smallest absolute Gasteiger partial charge is 0.158 e. The van der Waals surface area contributed by atoms with E-state index in [1.54, 1.807) is 7.11 Å². The zero-order chi connectivity index (χ0) is 18.1. The first kappa shape index (κ1) is 16.6. The van der Waals surface area contributed by atoms with Crippen molar-refractivity contribution in [1.29, 1.82) is 0 Å².